The van der Waals surface area contributed by atoms with Crippen molar-refractivity contribution < 1.29 is 33.9 Å². The van der Waals surface area contributed by atoms with Gasteiger partial charge in [-0.2, -0.15) is 6.42 Å². The molecule has 3 nitrogen and oxygen atoms in total. The van der Waals surface area contributed by atoms with E-state index < -0.39 is 6.16 Å². The van der Waals surface area contributed by atoms with Crippen molar-refractivity contribution in [2.45, 2.75) is 96.8 Å². The summed E-state index contributed by atoms with van der Waals surface area (Å²) in [7, 11) is 0. The van der Waals surface area contributed by atoms with Crippen molar-refractivity contribution in [3.05, 3.63) is 6.92 Å². The summed E-state index contributed by atoms with van der Waals surface area (Å²) in [5.74, 6) is 0. The molecular formula is C17H35LiO3. The van der Waals surface area contributed by atoms with Gasteiger partial charge in [0.15, 0.2) is 0 Å². The number of unbranched alkanes of at least 4 members (excludes halogenated alkanes) is 13. The Balaban J connectivity index is -0.000000572. The Morgan fingerprint density at radius 3 is 1.19 bits per heavy atom. The molecule has 0 aromatic carbocycles. The fourth-order valence-corrected chi connectivity index (χ4v) is 2.19. The van der Waals surface area contributed by atoms with Crippen LogP contribution in [-0.4, -0.2) is 16.4 Å². The van der Waals surface area contributed by atoms with Gasteiger partial charge in [0.2, 0.25) is 0 Å². The largest absolute Gasteiger partial charge is 1.00 e. The minimum Gasteiger partial charge on any atom is -0.450 e. The predicted octanol–water partition coefficient (Wildman–Crippen LogP) is 3.53. The van der Waals surface area contributed by atoms with E-state index >= 15 is 0 Å². The van der Waals surface area contributed by atoms with E-state index in [1.807, 2.05) is 0 Å². The molecule has 4 heteroatoms. The average Bonchev–Trinajstić information content (AvgIpc) is 2.39. The van der Waals surface area contributed by atoms with Crippen LogP contribution in [0.1, 0.15) is 96.8 Å². The number of hydrogen-bond donors (Lipinski definition) is 2. The Morgan fingerprint density at radius 2 is 0.952 bits per heavy atom. The summed E-state index contributed by atoms with van der Waals surface area (Å²) in [5, 5.41) is 13.9. The standard InChI is InChI=1S/C16H33.CH2O3.Li/c1-3-5-7-9-11-13-15-16-14-12-10-8-6-4-2;2-1(3)4;/h1,3-16H2,2H3;(H2,2,3,4);/q-1;;+1. The van der Waals surface area contributed by atoms with Gasteiger partial charge in [0.1, 0.15) is 0 Å². The van der Waals surface area contributed by atoms with Gasteiger partial charge in [0.05, 0.1) is 0 Å². The van der Waals surface area contributed by atoms with E-state index in [0.29, 0.717) is 0 Å². The Labute approximate surface area is 144 Å². The molecular weight excluding hydrogens is 259 g/mol. The molecule has 21 heavy (non-hydrogen) atoms. The molecule has 0 bridgehead atoms. The van der Waals surface area contributed by atoms with Gasteiger partial charge in [0.25, 0.3) is 0 Å². The van der Waals surface area contributed by atoms with Crippen LogP contribution in [0.25, 0.3) is 0 Å². The third kappa shape index (κ3) is 38.3. The SMILES string of the molecule is O=C(O)O.[CH2-]CCCCCCCCCCCCCCC.[Li+]. The van der Waals surface area contributed by atoms with Crippen molar-refractivity contribution in [1.29, 1.82) is 0 Å². The van der Waals surface area contributed by atoms with Crippen molar-refractivity contribution in [3.8, 4) is 0 Å². The molecule has 0 spiro atoms. The second kappa shape index (κ2) is 24.9. The van der Waals surface area contributed by atoms with Gasteiger partial charge in [0, 0.05) is 0 Å². The predicted molar refractivity (Wildman–Crippen MR) is 86.3 cm³/mol. The minimum atomic E-state index is -1.83. The van der Waals surface area contributed by atoms with E-state index in [1.54, 1.807) is 0 Å². The molecule has 0 rings (SSSR count). The molecule has 0 radical (unpaired) electrons. The van der Waals surface area contributed by atoms with Crippen molar-refractivity contribution in [2.75, 3.05) is 0 Å². The fraction of sp³-hybridized carbons (Fsp3) is 0.882. The maximum atomic E-state index is 8.56. The molecule has 122 valence electrons. The average molecular weight is 294 g/mol. The molecule has 0 fully saturated rings. The Kier molecular flexibility index (Phi) is 30.5. The van der Waals surface area contributed by atoms with Crippen LogP contribution in [0.2, 0.25) is 0 Å². The van der Waals surface area contributed by atoms with Gasteiger partial charge in [-0.25, -0.2) is 4.79 Å². The van der Waals surface area contributed by atoms with Crippen LogP contribution in [-0.2, 0) is 0 Å². The first kappa shape index (κ1) is 25.8. The fourth-order valence-electron chi connectivity index (χ4n) is 2.19. The summed E-state index contributed by atoms with van der Waals surface area (Å²) in [4.78, 5) is 8.56. The van der Waals surface area contributed by atoms with E-state index in [-0.39, 0.29) is 18.9 Å². The first-order valence-corrected chi connectivity index (χ1v) is 8.36. The topological polar surface area (TPSA) is 57.5 Å². The van der Waals surface area contributed by atoms with Crippen LogP contribution in [0, 0.1) is 6.92 Å². The van der Waals surface area contributed by atoms with Gasteiger partial charge >= 0.3 is 25.0 Å². The minimum absolute atomic E-state index is 0. The first-order chi connectivity index (χ1) is 9.65. The molecule has 0 aliphatic heterocycles. The van der Waals surface area contributed by atoms with Gasteiger partial charge in [-0.1, -0.05) is 90.4 Å². The monoisotopic (exact) mass is 294 g/mol. The second-order valence-corrected chi connectivity index (χ2v) is 5.38. The number of hydrogen-bond acceptors (Lipinski definition) is 1. The summed E-state index contributed by atoms with van der Waals surface area (Å²) in [6.45, 7) is 6.16. The quantitative estimate of drug-likeness (QED) is 0.310. The van der Waals surface area contributed by atoms with E-state index in [9.17, 15) is 0 Å². The Hall–Kier alpha value is -0.133. The Bertz CT molecular complexity index is 169. The number of carboxylic acid groups (broad SMARTS) is 2. The van der Waals surface area contributed by atoms with Crippen LogP contribution >= 0.6 is 0 Å². The third-order valence-corrected chi connectivity index (χ3v) is 3.35. The molecule has 0 aromatic heterocycles. The third-order valence-electron chi connectivity index (χ3n) is 3.35. The van der Waals surface area contributed by atoms with Crippen LogP contribution in [0.3, 0.4) is 0 Å². The molecule has 0 saturated carbocycles. The smallest absolute Gasteiger partial charge is 0.450 e. The summed E-state index contributed by atoms with van der Waals surface area (Å²) in [6, 6.07) is 0. The van der Waals surface area contributed by atoms with Crippen LogP contribution < -0.4 is 18.9 Å². The van der Waals surface area contributed by atoms with Gasteiger partial charge < -0.3 is 17.1 Å². The maximum absolute atomic E-state index is 8.56. The van der Waals surface area contributed by atoms with Crippen LogP contribution in [0.4, 0.5) is 4.79 Å². The molecule has 0 aliphatic carbocycles. The molecule has 0 unspecified atom stereocenters. The van der Waals surface area contributed by atoms with E-state index in [1.165, 1.54) is 83.5 Å². The second-order valence-electron chi connectivity index (χ2n) is 5.38. The molecule has 0 amide bonds. The zero-order valence-electron chi connectivity index (χ0n) is 14.4. The van der Waals surface area contributed by atoms with Gasteiger partial charge in [-0.05, 0) is 0 Å². The van der Waals surface area contributed by atoms with E-state index in [0.717, 1.165) is 6.42 Å². The maximum Gasteiger partial charge on any atom is 1.00 e. The summed E-state index contributed by atoms with van der Waals surface area (Å²) in [6.07, 6.45) is 18.0. The number of carbonyl (C=O) groups is 1. The zero-order chi connectivity index (χ0) is 15.5. The number of rotatable bonds is 13. The summed E-state index contributed by atoms with van der Waals surface area (Å²) < 4.78 is 0. The van der Waals surface area contributed by atoms with Crippen LogP contribution in [0.5, 0.6) is 0 Å². The first-order valence-electron chi connectivity index (χ1n) is 8.36. The summed E-state index contributed by atoms with van der Waals surface area (Å²) >= 11 is 0. The summed E-state index contributed by atoms with van der Waals surface area (Å²) in [5.41, 5.74) is 0. The molecule has 0 aromatic rings. The molecule has 2 N–H and O–H groups in total. The van der Waals surface area contributed by atoms with Gasteiger partial charge in [-0.15, -0.1) is 0 Å². The molecule has 0 heterocycles. The van der Waals surface area contributed by atoms with Crippen molar-refractivity contribution in [2.24, 2.45) is 0 Å². The molecule has 0 atom stereocenters. The van der Waals surface area contributed by atoms with Crippen LogP contribution in [0.15, 0.2) is 0 Å². The zero-order valence-corrected chi connectivity index (χ0v) is 14.4. The van der Waals surface area contributed by atoms with Crippen molar-refractivity contribution >= 4 is 6.16 Å². The molecule has 0 saturated heterocycles. The van der Waals surface area contributed by atoms with Crippen molar-refractivity contribution in [3.63, 3.8) is 0 Å². The van der Waals surface area contributed by atoms with Gasteiger partial charge in [-0.3, -0.25) is 0 Å². The van der Waals surface area contributed by atoms with Crippen molar-refractivity contribution in [1.82, 2.24) is 0 Å². The molecule has 0 aliphatic rings. The van der Waals surface area contributed by atoms with E-state index in [4.69, 9.17) is 15.0 Å². The van der Waals surface area contributed by atoms with E-state index in [2.05, 4.69) is 13.8 Å². The normalized spacial score (nSPS) is 9.43. The Morgan fingerprint density at radius 1 is 0.714 bits per heavy atom.